The topological polar surface area (TPSA) is 62.3 Å². The first kappa shape index (κ1) is 14.9. The van der Waals surface area contributed by atoms with Crippen molar-refractivity contribution in [2.24, 2.45) is 5.73 Å². The number of hydrogen-bond donors (Lipinski definition) is 2. The van der Waals surface area contributed by atoms with E-state index in [-0.39, 0.29) is 5.84 Å². The van der Waals surface area contributed by atoms with Crippen molar-refractivity contribution >= 4 is 11.5 Å². The first-order chi connectivity index (χ1) is 10.0. The second-order valence-electron chi connectivity index (χ2n) is 5.08. The number of nitrogens with two attached hydrogens (primary N) is 1. The third-order valence-corrected chi connectivity index (χ3v) is 3.54. The van der Waals surface area contributed by atoms with Crippen molar-refractivity contribution in [3.05, 3.63) is 59.2 Å². The lowest BCUT2D eigenvalue weighted by molar-refractivity contribution is 0.409. The molecule has 0 saturated heterocycles. The maximum absolute atomic E-state index is 7.53. The highest BCUT2D eigenvalue weighted by Crippen LogP contribution is 2.23. The Balaban J connectivity index is 2.22. The molecule has 0 amide bonds. The smallest absolute Gasteiger partial charge is 0.123 e. The van der Waals surface area contributed by atoms with E-state index >= 15 is 0 Å². The summed E-state index contributed by atoms with van der Waals surface area (Å²) in [5, 5.41) is 7.53. The molecule has 2 aromatic carbocycles. The molecule has 2 aromatic rings. The molecule has 3 N–H and O–H groups in total. The van der Waals surface area contributed by atoms with Gasteiger partial charge in [0.15, 0.2) is 0 Å². The molecular formula is C17H21N3O. The van der Waals surface area contributed by atoms with Crippen LogP contribution in [0, 0.1) is 12.3 Å². The number of amidine groups is 1. The molecule has 0 atom stereocenters. The molecule has 0 aliphatic rings. The van der Waals surface area contributed by atoms with Gasteiger partial charge in [0.05, 0.1) is 7.11 Å². The van der Waals surface area contributed by atoms with Crippen LogP contribution in [0.3, 0.4) is 0 Å². The Morgan fingerprint density at radius 2 is 1.95 bits per heavy atom. The maximum atomic E-state index is 7.53. The normalized spacial score (nSPS) is 10.2. The van der Waals surface area contributed by atoms with Gasteiger partial charge >= 0.3 is 0 Å². The van der Waals surface area contributed by atoms with Gasteiger partial charge in [0.25, 0.3) is 0 Å². The summed E-state index contributed by atoms with van der Waals surface area (Å²) >= 11 is 0. The van der Waals surface area contributed by atoms with Crippen molar-refractivity contribution in [1.82, 2.24) is 0 Å². The van der Waals surface area contributed by atoms with E-state index < -0.39 is 0 Å². The predicted molar refractivity (Wildman–Crippen MR) is 87.3 cm³/mol. The average Bonchev–Trinajstić information content (AvgIpc) is 2.47. The van der Waals surface area contributed by atoms with Crippen LogP contribution in [0.5, 0.6) is 5.75 Å². The standard InChI is InChI=1S/C17H21N3O/c1-12-10-14(8-9-15(12)17(18)19)20(2)11-13-6-4-5-7-16(13)21-3/h4-10H,11H2,1-3H3,(H3,18,19). The number of nitrogen functional groups attached to an aromatic ring is 1. The van der Waals surface area contributed by atoms with Crippen LogP contribution in [0.2, 0.25) is 0 Å². The summed E-state index contributed by atoms with van der Waals surface area (Å²) in [6.07, 6.45) is 0. The van der Waals surface area contributed by atoms with Crippen LogP contribution < -0.4 is 15.4 Å². The van der Waals surface area contributed by atoms with Crippen LogP contribution in [0.4, 0.5) is 5.69 Å². The van der Waals surface area contributed by atoms with Crippen LogP contribution in [-0.4, -0.2) is 20.0 Å². The highest BCUT2D eigenvalue weighted by Gasteiger charge is 2.09. The fourth-order valence-corrected chi connectivity index (χ4v) is 2.37. The van der Waals surface area contributed by atoms with Crippen molar-refractivity contribution in [2.75, 3.05) is 19.1 Å². The molecule has 0 radical (unpaired) electrons. The minimum atomic E-state index is 0.103. The zero-order chi connectivity index (χ0) is 15.4. The molecule has 0 fully saturated rings. The van der Waals surface area contributed by atoms with Gasteiger partial charge in [-0.05, 0) is 36.8 Å². The number of aryl methyl sites for hydroxylation is 1. The summed E-state index contributed by atoms with van der Waals surface area (Å²) < 4.78 is 5.39. The SMILES string of the molecule is COc1ccccc1CN(C)c1ccc(C(=N)N)c(C)c1. The van der Waals surface area contributed by atoms with Crippen molar-refractivity contribution in [1.29, 1.82) is 5.41 Å². The van der Waals surface area contributed by atoms with Crippen LogP contribution in [-0.2, 0) is 6.54 Å². The summed E-state index contributed by atoms with van der Waals surface area (Å²) in [5.74, 6) is 0.993. The quantitative estimate of drug-likeness (QED) is 0.655. The molecule has 0 aliphatic heterocycles. The monoisotopic (exact) mass is 283 g/mol. The van der Waals surface area contributed by atoms with E-state index in [1.54, 1.807) is 7.11 Å². The number of anilines is 1. The number of hydrogen-bond acceptors (Lipinski definition) is 3. The fourth-order valence-electron chi connectivity index (χ4n) is 2.37. The molecule has 0 heterocycles. The lowest BCUT2D eigenvalue weighted by Gasteiger charge is -2.21. The van der Waals surface area contributed by atoms with Gasteiger partial charge in [-0.1, -0.05) is 18.2 Å². The van der Waals surface area contributed by atoms with Gasteiger partial charge in [-0.3, -0.25) is 5.41 Å². The van der Waals surface area contributed by atoms with Crippen molar-refractivity contribution in [2.45, 2.75) is 13.5 Å². The number of rotatable bonds is 5. The van der Waals surface area contributed by atoms with Gasteiger partial charge in [-0.2, -0.15) is 0 Å². The highest BCUT2D eigenvalue weighted by atomic mass is 16.5. The third-order valence-electron chi connectivity index (χ3n) is 3.54. The van der Waals surface area contributed by atoms with Gasteiger partial charge in [-0.25, -0.2) is 0 Å². The first-order valence-electron chi connectivity index (χ1n) is 6.81. The Morgan fingerprint density at radius 1 is 1.24 bits per heavy atom. The molecule has 2 rings (SSSR count). The molecule has 0 unspecified atom stereocenters. The molecular weight excluding hydrogens is 262 g/mol. The lowest BCUT2D eigenvalue weighted by Crippen LogP contribution is -2.18. The minimum Gasteiger partial charge on any atom is -0.496 e. The largest absolute Gasteiger partial charge is 0.496 e. The van der Waals surface area contributed by atoms with E-state index in [2.05, 4.69) is 11.0 Å². The van der Waals surface area contributed by atoms with Crippen LogP contribution >= 0.6 is 0 Å². The predicted octanol–water partition coefficient (Wildman–Crippen LogP) is 2.92. The second kappa shape index (κ2) is 6.31. The van der Waals surface area contributed by atoms with Crippen molar-refractivity contribution in [3.63, 3.8) is 0 Å². The zero-order valence-corrected chi connectivity index (χ0v) is 12.7. The van der Waals surface area contributed by atoms with Crippen molar-refractivity contribution < 1.29 is 4.74 Å². The number of ether oxygens (including phenoxy) is 1. The summed E-state index contributed by atoms with van der Waals surface area (Å²) in [6, 6.07) is 13.9. The molecule has 0 aromatic heterocycles. The number of benzene rings is 2. The highest BCUT2D eigenvalue weighted by molar-refractivity contribution is 5.96. The summed E-state index contributed by atoms with van der Waals surface area (Å²) in [6.45, 7) is 2.72. The molecule has 0 aliphatic carbocycles. The Bertz CT molecular complexity index is 652. The molecule has 4 heteroatoms. The van der Waals surface area contributed by atoms with Gasteiger partial charge in [0, 0.05) is 30.4 Å². The zero-order valence-electron chi connectivity index (χ0n) is 12.7. The first-order valence-corrected chi connectivity index (χ1v) is 6.81. The third kappa shape index (κ3) is 3.34. The van der Waals surface area contributed by atoms with E-state index in [9.17, 15) is 0 Å². The van der Waals surface area contributed by atoms with Gasteiger partial charge < -0.3 is 15.4 Å². The van der Waals surface area contributed by atoms with E-state index in [1.165, 1.54) is 0 Å². The van der Waals surface area contributed by atoms with E-state index in [0.29, 0.717) is 0 Å². The molecule has 0 saturated carbocycles. The summed E-state index contributed by atoms with van der Waals surface area (Å²) in [4.78, 5) is 2.15. The number of methoxy groups -OCH3 is 1. The fraction of sp³-hybridized carbons (Fsp3) is 0.235. The van der Waals surface area contributed by atoms with Gasteiger partial charge in [0.1, 0.15) is 11.6 Å². The molecule has 0 spiro atoms. The minimum absolute atomic E-state index is 0.103. The van der Waals surface area contributed by atoms with Gasteiger partial charge in [-0.15, -0.1) is 0 Å². The van der Waals surface area contributed by atoms with E-state index in [4.69, 9.17) is 15.9 Å². The molecule has 4 nitrogen and oxygen atoms in total. The Kier molecular flexibility index (Phi) is 4.48. The number of para-hydroxylation sites is 1. The Labute approximate surface area is 125 Å². The van der Waals surface area contributed by atoms with Crippen LogP contribution in [0.25, 0.3) is 0 Å². The summed E-state index contributed by atoms with van der Waals surface area (Å²) in [5.41, 5.74) is 9.57. The summed E-state index contributed by atoms with van der Waals surface area (Å²) in [7, 11) is 3.72. The van der Waals surface area contributed by atoms with Crippen LogP contribution in [0.1, 0.15) is 16.7 Å². The lowest BCUT2D eigenvalue weighted by atomic mass is 10.1. The average molecular weight is 283 g/mol. The number of nitrogens with zero attached hydrogens (tertiary/aromatic N) is 1. The second-order valence-corrected chi connectivity index (χ2v) is 5.08. The Morgan fingerprint density at radius 3 is 2.57 bits per heavy atom. The molecule has 21 heavy (non-hydrogen) atoms. The van der Waals surface area contributed by atoms with Crippen molar-refractivity contribution in [3.8, 4) is 5.75 Å². The van der Waals surface area contributed by atoms with E-state index in [1.807, 2.05) is 50.4 Å². The molecule has 0 bridgehead atoms. The maximum Gasteiger partial charge on any atom is 0.123 e. The van der Waals surface area contributed by atoms with Crippen LogP contribution in [0.15, 0.2) is 42.5 Å². The number of nitrogens with one attached hydrogen (secondary N) is 1. The van der Waals surface area contributed by atoms with E-state index in [0.717, 1.165) is 34.7 Å². The van der Waals surface area contributed by atoms with Gasteiger partial charge in [0.2, 0.25) is 0 Å². The Hall–Kier alpha value is -2.49. The molecule has 110 valence electrons.